The molecule has 1 amide bonds. The number of benzene rings is 1. The Labute approximate surface area is 153 Å². The number of halogens is 1. The largest absolute Gasteiger partial charge is 0.496 e. The topological polar surface area (TPSA) is 46.5 Å². The van der Waals surface area contributed by atoms with Crippen LogP contribution in [0, 0.1) is 0 Å². The Bertz CT molecular complexity index is 731. The van der Waals surface area contributed by atoms with Gasteiger partial charge in [-0.15, -0.1) is 0 Å². The molecule has 1 aliphatic rings. The third-order valence-electron chi connectivity index (χ3n) is 4.80. The Kier molecular flexibility index (Phi) is 5.66. The summed E-state index contributed by atoms with van der Waals surface area (Å²) in [6, 6.07) is 7.73. The Hall–Kier alpha value is -1.98. The molecule has 2 heterocycles. The highest BCUT2D eigenvalue weighted by Gasteiger charge is 2.24. The third-order valence-corrected chi connectivity index (χ3v) is 5.10. The maximum absolute atomic E-state index is 12.7. The molecule has 1 atom stereocenters. The molecule has 1 aromatic heterocycles. The normalized spacial score (nSPS) is 17.6. The van der Waals surface area contributed by atoms with Crippen LogP contribution in [0.25, 0.3) is 5.69 Å². The van der Waals surface area contributed by atoms with Crippen molar-refractivity contribution in [1.29, 1.82) is 0 Å². The average molecular weight is 362 g/mol. The first kappa shape index (κ1) is 17.8. The van der Waals surface area contributed by atoms with E-state index in [1.54, 1.807) is 19.2 Å². The lowest BCUT2D eigenvalue weighted by molar-refractivity contribution is 0.0938. The molecule has 0 saturated carbocycles. The summed E-state index contributed by atoms with van der Waals surface area (Å²) in [5.74, 6) is 0.366. The lowest BCUT2D eigenvalue weighted by Crippen LogP contribution is -2.40. The standard InChI is InChI=1S/C19H24ClN3O2/c1-3-22-10-6-7-14(22)13-21-19(24)15-11-16(20)17(12-18(15)25-2)23-8-4-5-9-23/h4-5,8-9,11-12,14H,3,6-7,10,13H2,1-2H3,(H,21,24). The Morgan fingerprint density at radius 2 is 2.12 bits per heavy atom. The lowest BCUT2D eigenvalue weighted by Gasteiger charge is -2.23. The van der Waals surface area contributed by atoms with Crippen molar-refractivity contribution in [3.05, 3.63) is 47.2 Å². The van der Waals surface area contributed by atoms with Gasteiger partial charge in [0.1, 0.15) is 5.75 Å². The highest BCUT2D eigenvalue weighted by molar-refractivity contribution is 6.33. The zero-order valence-electron chi connectivity index (χ0n) is 14.7. The molecule has 1 saturated heterocycles. The smallest absolute Gasteiger partial charge is 0.255 e. The van der Waals surface area contributed by atoms with E-state index in [-0.39, 0.29) is 5.91 Å². The Morgan fingerprint density at radius 3 is 2.80 bits per heavy atom. The van der Waals surface area contributed by atoms with Crippen molar-refractivity contribution in [2.75, 3.05) is 26.7 Å². The summed E-state index contributed by atoms with van der Waals surface area (Å²) < 4.78 is 7.32. The first-order valence-corrected chi connectivity index (χ1v) is 9.05. The molecule has 1 fully saturated rings. The predicted octanol–water partition coefficient (Wildman–Crippen LogP) is 3.35. The van der Waals surface area contributed by atoms with Crippen LogP contribution in [0.1, 0.15) is 30.1 Å². The van der Waals surface area contributed by atoms with Gasteiger partial charge in [-0.25, -0.2) is 0 Å². The van der Waals surface area contributed by atoms with Crippen molar-refractivity contribution in [3.63, 3.8) is 0 Å². The number of amides is 1. The molecule has 0 aliphatic carbocycles. The number of likely N-dealkylation sites (tertiary alicyclic amines) is 1. The number of carbonyl (C=O) groups excluding carboxylic acids is 1. The average Bonchev–Trinajstić information content (AvgIpc) is 3.30. The molecule has 0 radical (unpaired) electrons. The second-order valence-corrected chi connectivity index (χ2v) is 6.64. The third kappa shape index (κ3) is 3.83. The number of carbonyl (C=O) groups is 1. The first-order chi connectivity index (χ1) is 12.1. The Balaban J connectivity index is 1.77. The number of nitrogens with one attached hydrogen (secondary N) is 1. The molecule has 3 rings (SSSR count). The molecule has 0 spiro atoms. The van der Waals surface area contributed by atoms with Gasteiger partial charge >= 0.3 is 0 Å². The van der Waals surface area contributed by atoms with Crippen LogP contribution in [0.2, 0.25) is 5.02 Å². The minimum absolute atomic E-state index is 0.152. The second-order valence-electron chi connectivity index (χ2n) is 6.23. The van der Waals surface area contributed by atoms with Gasteiger partial charge in [0.25, 0.3) is 5.91 Å². The molecule has 0 bridgehead atoms. The summed E-state index contributed by atoms with van der Waals surface area (Å²) in [4.78, 5) is 15.1. The molecule has 1 aromatic carbocycles. The zero-order chi connectivity index (χ0) is 17.8. The fourth-order valence-corrected chi connectivity index (χ4v) is 3.69. The van der Waals surface area contributed by atoms with E-state index in [1.807, 2.05) is 29.1 Å². The van der Waals surface area contributed by atoms with Gasteiger partial charge in [-0.05, 0) is 44.1 Å². The van der Waals surface area contributed by atoms with Crippen molar-refractivity contribution in [2.45, 2.75) is 25.8 Å². The molecular formula is C19H24ClN3O2. The van der Waals surface area contributed by atoms with Gasteiger partial charge < -0.3 is 14.6 Å². The number of rotatable bonds is 6. The van der Waals surface area contributed by atoms with Crippen LogP contribution >= 0.6 is 11.6 Å². The number of likely N-dealkylation sites (N-methyl/N-ethyl adjacent to an activating group) is 1. The highest BCUT2D eigenvalue weighted by Crippen LogP contribution is 2.30. The van der Waals surface area contributed by atoms with Crippen molar-refractivity contribution >= 4 is 17.5 Å². The minimum atomic E-state index is -0.152. The lowest BCUT2D eigenvalue weighted by atomic mass is 10.1. The summed E-state index contributed by atoms with van der Waals surface area (Å²) in [5, 5.41) is 3.55. The molecule has 25 heavy (non-hydrogen) atoms. The summed E-state index contributed by atoms with van der Waals surface area (Å²) in [5.41, 5.74) is 1.25. The van der Waals surface area contributed by atoms with Crippen LogP contribution in [0.5, 0.6) is 5.75 Å². The van der Waals surface area contributed by atoms with E-state index >= 15 is 0 Å². The quantitative estimate of drug-likeness (QED) is 0.858. The first-order valence-electron chi connectivity index (χ1n) is 8.67. The van der Waals surface area contributed by atoms with Gasteiger partial charge in [0.15, 0.2) is 0 Å². The highest BCUT2D eigenvalue weighted by atomic mass is 35.5. The van der Waals surface area contributed by atoms with Gasteiger partial charge in [-0.1, -0.05) is 18.5 Å². The van der Waals surface area contributed by atoms with E-state index in [0.717, 1.165) is 25.2 Å². The summed E-state index contributed by atoms with van der Waals surface area (Å²) in [6.45, 7) is 4.93. The molecule has 1 aliphatic heterocycles. The van der Waals surface area contributed by atoms with Gasteiger partial charge in [-0.3, -0.25) is 9.69 Å². The summed E-state index contributed by atoms with van der Waals surface area (Å²) in [6.07, 6.45) is 6.12. The number of aromatic nitrogens is 1. The fourth-order valence-electron chi connectivity index (χ4n) is 3.43. The minimum Gasteiger partial charge on any atom is -0.496 e. The predicted molar refractivity (Wildman–Crippen MR) is 99.9 cm³/mol. The van der Waals surface area contributed by atoms with Crippen LogP contribution in [0.3, 0.4) is 0 Å². The number of hydrogen-bond donors (Lipinski definition) is 1. The van der Waals surface area contributed by atoms with Gasteiger partial charge in [0.05, 0.1) is 23.4 Å². The van der Waals surface area contributed by atoms with Crippen LogP contribution in [0.15, 0.2) is 36.7 Å². The van der Waals surface area contributed by atoms with Crippen LogP contribution in [-0.2, 0) is 0 Å². The summed E-state index contributed by atoms with van der Waals surface area (Å²) in [7, 11) is 1.56. The zero-order valence-corrected chi connectivity index (χ0v) is 15.4. The van der Waals surface area contributed by atoms with E-state index in [2.05, 4.69) is 17.1 Å². The summed E-state index contributed by atoms with van der Waals surface area (Å²) >= 11 is 6.40. The maximum Gasteiger partial charge on any atom is 0.255 e. The van der Waals surface area contributed by atoms with Crippen molar-refractivity contribution in [1.82, 2.24) is 14.8 Å². The fraction of sp³-hybridized carbons (Fsp3) is 0.421. The van der Waals surface area contributed by atoms with E-state index in [9.17, 15) is 4.79 Å². The number of methoxy groups -OCH3 is 1. The van der Waals surface area contributed by atoms with Gasteiger partial charge in [-0.2, -0.15) is 0 Å². The van der Waals surface area contributed by atoms with E-state index < -0.39 is 0 Å². The second kappa shape index (κ2) is 7.93. The molecule has 1 N–H and O–H groups in total. The molecule has 1 unspecified atom stereocenters. The van der Waals surface area contributed by atoms with Crippen LogP contribution in [0.4, 0.5) is 0 Å². The van der Waals surface area contributed by atoms with Crippen molar-refractivity contribution in [3.8, 4) is 11.4 Å². The molecule has 2 aromatic rings. The van der Waals surface area contributed by atoms with Gasteiger partial charge in [0.2, 0.25) is 0 Å². The molecule has 5 nitrogen and oxygen atoms in total. The van der Waals surface area contributed by atoms with E-state index in [1.165, 1.54) is 6.42 Å². The molecular weight excluding hydrogens is 338 g/mol. The number of hydrogen-bond acceptors (Lipinski definition) is 3. The van der Waals surface area contributed by atoms with Crippen molar-refractivity contribution in [2.24, 2.45) is 0 Å². The Morgan fingerprint density at radius 1 is 1.36 bits per heavy atom. The molecule has 134 valence electrons. The van der Waals surface area contributed by atoms with E-state index in [0.29, 0.717) is 28.9 Å². The molecule has 6 heteroatoms. The van der Waals surface area contributed by atoms with Gasteiger partial charge in [0, 0.05) is 31.0 Å². The number of ether oxygens (including phenoxy) is 1. The maximum atomic E-state index is 12.7. The van der Waals surface area contributed by atoms with Crippen LogP contribution < -0.4 is 10.1 Å². The van der Waals surface area contributed by atoms with Crippen LogP contribution in [-0.4, -0.2) is 48.2 Å². The number of nitrogens with zero attached hydrogens (tertiary/aromatic N) is 2. The van der Waals surface area contributed by atoms with Crippen molar-refractivity contribution < 1.29 is 9.53 Å². The van der Waals surface area contributed by atoms with E-state index in [4.69, 9.17) is 16.3 Å². The monoisotopic (exact) mass is 361 g/mol. The SMILES string of the molecule is CCN1CCCC1CNC(=O)c1cc(Cl)c(-n2cccc2)cc1OC.